The van der Waals surface area contributed by atoms with Crippen molar-refractivity contribution >= 4 is 51.9 Å². The number of thioether (sulfide) groups is 1. The Bertz CT molecular complexity index is 1050. The number of carboxylic acid groups (broad SMARTS) is 1. The Morgan fingerprint density at radius 2 is 2.00 bits per heavy atom. The SMILES string of the molecule is COc1cc(/C=C2/SC(=S)N(c3cccc(C)c3C)C2=O)ccc1OCCC(=O)O. The molecule has 1 amide bonds. The summed E-state index contributed by atoms with van der Waals surface area (Å²) in [5, 5.41) is 8.74. The number of amides is 1. The average Bonchev–Trinajstić information content (AvgIpc) is 2.98. The molecule has 0 unspecified atom stereocenters. The van der Waals surface area contributed by atoms with Gasteiger partial charge in [-0.2, -0.15) is 0 Å². The number of aryl methyl sites for hydroxylation is 1. The summed E-state index contributed by atoms with van der Waals surface area (Å²) in [5.74, 6) is -0.200. The van der Waals surface area contributed by atoms with Gasteiger partial charge in [-0.05, 0) is 54.8 Å². The molecule has 1 aliphatic rings. The summed E-state index contributed by atoms with van der Waals surface area (Å²) < 4.78 is 11.3. The zero-order chi connectivity index (χ0) is 21.8. The summed E-state index contributed by atoms with van der Waals surface area (Å²) >= 11 is 6.72. The number of thiocarbonyl (C=S) groups is 1. The molecule has 2 aromatic carbocycles. The van der Waals surface area contributed by atoms with Crippen molar-refractivity contribution in [3.63, 3.8) is 0 Å². The highest BCUT2D eigenvalue weighted by Crippen LogP contribution is 2.38. The number of rotatable bonds is 7. The summed E-state index contributed by atoms with van der Waals surface area (Å²) in [7, 11) is 1.50. The number of carbonyl (C=O) groups is 2. The molecule has 1 fully saturated rings. The second kappa shape index (κ2) is 9.32. The van der Waals surface area contributed by atoms with Crippen LogP contribution >= 0.6 is 24.0 Å². The quantitative estimate of drug-likeness (QED) is 0.496. The number of ether oxygens (including phenoxy) is 2. The van der Waals surface area contributed by atoms with Crippen molar-refractivity contribution in [2.24, 2.45) is 0 Å². The molecule has 1 heterocycles. The Hall–Kier alpha value is -2.84. The van der Waals surface area contributed by atoms with E-state index in [1.54, 1.807) is 29.2 Å². The first-order valence-corrected chi connectivity index (χ1v) is 10.4. The normalized spacial score (nSPS) is 15.0. The predicted octanol–water partition coefficient (Wildman–Crippen LogP) is 4.57. The molecule has 1 saturated heterocycles. The first-order chi connectivity index (χ1) is 14.3. The fourth-order valence-corrected chi connectivity index (χ4v) is 4.23. The minimum absolute atomic E-state index is 0.0412. The van der Waals surface area contributed by atoms with Crippen LogP contribution in [0.4, 0.5) is 5.69 Å². The van der Waals surface area contributed by atoms with Gasteiger partial charge in [0.15, 0.2) is 15.8 Å². The number of hydrogen-bond acceptors (Lipinski definition) is 6. The van der Waals surface area contributed by atoms with Gasteiger partial charge in [-0.25, -0.2) is 0 Å². The van der Waals surface area contributed by atoms with E-state index < -0.39 is 5.97 Å². The first kappa shape index (κ1) is 21.9. The highest BCUT2D eigenvalue weighted by atomic mass is 32.2. The van der Waals surface area contributed by atoms with E-state index in [9.17, 15) is 9.59 Å². The van der Waals surface area contributed by atoms with Crippen LogP contribution in [-0.4, -0.2) is 35.0 Å². The van der Waals surface area contributed by atoms with Gasteiger partial charge in [0, 0.05) is 0 Å². The Morgan fingerprint density at radius 1 is 1.23 bits per heavy atom. The van der Waals surface area contributed by atoms with Gasteiger partial charge in [-0.15, -0.1) is 0 Å². The van der Waals surface area contributed by atoms with Crippen LogP contribution in [0, 0.1) is 13.8 Å². The Morgan fingerprint density at radius 3 is 2.70 bits per heavy atom. The zero-order valence-electron chi connectivity index (χ0n) is 16.8. The number of aliphatic carboxylic acids is 1. The smallest absolute Gasteiger partial charge is 0.306 e. The average molecular weight is 444 g/mol. The maximum absolute atomic E-state index is 13.0. The number of carboxylic acids is 1. The highest BCUT2D eigenvalue weighted by Gasteiger charge is 2.34. The van der Waals surface area contributed by atoms with E-state index in [4.69, 9.17) is 26.8 Å². The van der Waals surface area contributed by atoms with Crippen molar-refractivity contribution in [1.82, 2.24) is 0 Å². The third-order valence-electron chi connectivity index (χ3n) is 4.67. The first-order valence-electron chi connectivity index (χ1n) is 9.18. The third kappa shape index (κ3) is 4.66. The molecule has 30 heavy (non-hydrogen) atoms. The molecule has 0 saturated carbocycles. The molecule has 3 rings (SSSR count). The molecule has 1 N–H and O–H groups in total. The molecule has 2 aromatic rings. The van der Waals surface area contributed by atoms with Gasteiger partial charge in [-0.3, -0.25) is 14.5 Å². The number of benzene rings is 2. The van der Waals surface area contributed by atoms with Crippen LogP contribution in [0.25, 0.3) is 6.08 Å². The third-order valence-corrected chi connectivity index (χ3v) is 5.97. The molecule has 0 aliphatic carbocycles. The molecule has 6 nitrogen and oxygen atoms in total. The maximum Gasteiger partial charge on any atom is 0.306 e. The highest BCUT2D eigenvalue weighted by molar-refractivity contribution is 8.27. The van der Waals surface area contributed by atoms with E-state index in [2.05, 4.69) is 0 Å². The van der Waals surface area contributed by atoms with Crippen LogP contribution in [0.15, 0.2) is 41.3 Å². The number of hydrogen-bond donors (Lipinski definition) is 1. The Labute approximate surface area is 184 Å². The van der Waals surface area contributed by atoms with Crippen LogP contribution in [-0.2, 0) is 9.59 Å². The van der Waals surface area contributed by atoms with Crippen molar-refractivity contribution in [3.05, 3.63) is 58.0 Å². The summed E-state index contributed by atoms with van der Waals surface area (Å²) in [4.78, 5) is 25.8. The number of anilines is 1. The molecule has 0 aromatic heterocycles. The topological polar surface area (TPSA) is 76.1 Å². The van der Waals surface area contributed by atoms with Crippen LogP contribution in [0.1, 0.15) is 23.1 Å². The fraction of sp³-hybridized carbons (Fsp3) is 0.227. The van der Waals surface area contributed by atoms with Crippen LogP contribution in [0.2, 0.25) is 0 Å². The molecular formula is C22H21NO5S2. The lowest BCUT2D eigenvalue weighted by molar-refractivity contribution is -0.137. The van der Waals surface area contributed by atoms with Crippen LogP contribution < -0.4 is 14.4 Å². The van der Waals surface area contributed by atoms with Gasteiger partial charge >= 0.3 is 5.97 Å². The van der Waals surface area contributed by atoms with Gasteiger partial charge in [0.05, 0.1) is 30.7 Å². The molecule has 0 bridgehead atoms. The lowest BCUT2D eigenvalue weighted by atomic mass is 10.1. The summed E-state index contributed by atoms with van der Waals surface area (Å²) in [6, 6.07) is 11.0. The van der Waals surface area contributed by atoms with E-state index in [-0.39, 0.29) is 18.9 Å². The largest absolute Gasteiger partial charge is 0.493 e. The van der Waals surface area contributed by atoms with E-state index in [1.807, 2.05) is 32.0 Å². The van der Waals surface area contributed by atoms with Gasteiger partial charge in [0.2, 0.25) is 0 Å². The number of methoxy groups -OCH3 is 1. The zero-order valence-corrected chi connectivity index (χ0v) is 18.4. The number of carbonyl (C=O) groups excluding carboxylic acids is 1. The second-order valence-corrected chi connectivity index (χ2v) is 8.31. The van der Waals surface area contributed by atoms with Crippen molar-refractivity contribution in [3.8, 4) is 11.5 Å². The maximum atomic E-state index is 13.0. The molecule has 0 radical (unpaired) electrons. The van der Waals surface area contributed by atoms with Gasteiger partial charge in [0.1, 0.15) is 0 Å². The second-order valence-electron chi connectivity index (χ2n) is 6.64. The summed E-state index contributed by atoms with van der Waals surface area (Å²) in [6.45, 7) is 4.01. The summed E-state index contributed by atoms with van der Waals surface area (Å²) in [5.41, 5.74) is 3.65. The predicted molar refractivity (Wildman–Crippen MR) is 122 cm³/mol. The van der Waals surface area contributed by atoms with E-state index in [0.29, 0.717) is 20.7 Å². The Balaban J connectivity index is 1.85. The summed E-state index contributed by atoms with van der Waals surface area (Å²) in [6.07, 6.45) is 1.65. The molecule has 156 valence electrons. The van der Waals surface area contributed by atoms with Crippen LogP contribution in [0.5, 0.6) is 11.5 Å². The minimum atomic E-state index is -0.934. The monoisotopic (exact) mass is 443 g/mol. The van der Waals surface area contributed by atoms with Crippen molar-refractivity contribution in [2.75, 3.05) is 18.6 Å². The van der Waals surface area contributed by atoms with Gasteiger partial charge in [0.25, 0.3) is 5.91 Å². The van der Waals surface area contributed by atoms with Crippen LogP contribution in [0.3, 0.4) is 0 Å². The van der Waals surface area contributed by atoms with Crippen molar-refractivity contribution in [1.29, 1.82) is 0 Å². The molecule has 0 spiro atoms. The molecule has 8 heteroatoms. The minimum Gasteiger partial charge on any atom is -0.493 e. The van der Waals surface area contributed by atoms with E-state index in [0.717, 1.165) is 22.4 Å². The van der Waals surface area contributed by atoms with E-state index in [1.165, 1.54) is 18.9 Å². The molecular weight excluding hydrogens is 422 g/mol. The molecule has 0 atom stereocenters. The Kier molecular flexibility index (Phi) is 6.79. The molecule has 1 aliphatic heterocycles. The number of nitrogens with zero attached hydrogens (tertiary/aromatic N) is 1. The lowest BCUT2D eigenvalue weighted by Crippen LogP contribution is -2.28. The van der Waals surface area contributed by atoms with E-state index >= 15 is 0 Å². The van der Waals surface area contributed by atoms with Crippen molar-refractivity contribution < 1.29 is 24.2 Å². The fourth-order valence-electron chi connectivity index (χ4n) is 2.95. The standard InChI is InChI=1S/C22H21NO5S2/c1-13-5-4-6-16(14(13)2)23-21(26)19(30-22(23)29)12-15-7-8-17(18(11-15)27-3)28-10-9-20(24)25/h4-8,11-12H,9-10H2,1-3H3,(H,24,25)/b19-12+. The van der Waals surface area contributed by atoms with Gasteiger partial charge in [-0.1, -0.05) is 42.2 Å². The van der Waals surface area contributed by atoms with Crippen molar-refractivity contribution in [2.45, 2.75) is 20.3 Å². The lowest BCUT2D eigenvalue weighted by Gasteiger charge is -2.18. The van der Waals surface area contributed by atoms with Gasteiger partial charge < -0.3 is 14.6 Å².